The van der Waals surface area contributed by atoms with Crippen LogP contribution in [-0.4, -0.2) is 4.57 Å². The SMILES string of the molecule is C1=CC(c2ccc(-c3cc(-c4ccc(-c5ccccc5)cc4)cc(-n4c5ccccc5c5cc(-c6ccccc6-c6cccc(N(c7cccc8ccccc78)c7cccc8ccccc78)c6)ccc54)c3)cc2)=CCC1. The molecule has 14 rings (SSSR count). The molecule has 0 atom stereocenters. The van der Waals surface area contributed by atoms with E-state index in [1.807, 2.05) is 0 Å². The number of fused-ring (bicyclic) bond motifs is 5. The molecule has 12 aromatic carbocycles. The summed E-state index contributed by atoms with van der Waals surface area (Å²) in [6.45, 7) is 0. The van der Waals surface area contributed by atoms with Gasteiger partial charge in [-0.25, -0.2) is 0 Å². The fourth-order valence-electron chi connectivity index (χ4n) is 11.7. The van der Waals surface area contributed by atoms with Gasteiger partial charge in [-0.1, -0.05) is 231 Å². The van der Waals surface area contributed by atoms with Crippen molar-refractivity contribution < 1.29 is 0 Å². The van der Waals surface area contributed by atoms with E-state index in [0.717, 1.165) is 41.2 Å². The molecule has 358 valence electrons. The van der Waals surface area contributed by atoms with E-state index in [2.05, 4.69) is 301 Å². The van der Waals surface area contributed by atoms with Gasteiger partial charge in [0.25, 0.3) is 0 Å². The maximum atomic E-state index is 2.47. The van der Waals surface area contributed by atoms with Gasteiger partial charge in [0.05, 0.1) is 22.4 Å². The van der Waals surface area contributed by atoms with E-state index in [4.69, 9.17) is 0 Å². The second-order valence-corrected chi connectivity index (χ2v) is 19.9. The fourth-order valence-corrected chi connectivity index (χ4v) is 11.7. The summed E-state index contributed by atoms with van der Waals surface area (Å²) in [6.07, 6.45) is 9.09. The first kappa shape index (κ1) is 44.9. The Kier molecular flexibility index (Phi) is 11.4. The molecule has 2 heteroatoms. The lowest BCUT2D eigenvalue weighted by Crippen LogP contribution is -2.11. The first-order valence-corrected chi connectivity index (χ1v) is 26.5. The van der Waals surface area contributed by atoms with Crippen molar-refractivity contribution >= 4 is 66.0 Å². The van der Waals surface area contributed by atoms with Crippen LogP contribution in [-0.2, 0) is 0 Å². The maximum Gasteiger partial charge on any atom is 0.0541 e. The van der Waals surface area contributed by atoms with Gasteiger partial charge in [0.2, 0.25) is 0 Å². The molecule has 1 heterocycles. The highest BCUT2D eigenvalue weighted by Crippen LogP contribution is 2.45. The molecule has 0 bridgehead atoms. The Labute approximate surface area is 444 Å². The van der Waals surface area contributed by atoms with Gasteiger partial charge >= 0.3 is 0 Å². The topological polar surface area (TPSA) is 8.17 Å². The van der Waals surface area contributed by atoms with Gasteiger partial charge in [0, 0.05) is 32.9 Å². The largest absolute Gasteiger partial charge is 0.309 e. The summed E-state index contributed by atoms with van der Waals surface area (Å²) < 4.78 is 2.47. The normalized spacial score (nSPS) is 12.4. The third-order valence-corrected chi connectivity index (χ3v) is 15.4. The minimum atomic E-state index is 1.09. The molecule has 0 saturated heterocycles. The molecular formula is C74H52N2. The summed E-state index contributed by atoms with van der Waals surface area (Å²) in [4.78, 5) is 2.44. The summed E-state index contributed by atoms with van der Waals surface area (Å²) in [5.41, 5.74) is 21.2. The molecule has 2 nitrogen and oxygen atoms in total. The highest BCUT2D eigenvalue weighted by Gasteiger charge is 2.21. The zero-order valence-electron chi connectivity index (χ0n) is 42.0. The minimum absolute atomic E-state index is 1.09. The summed E-state index contributed by atoms with van der Waals surface area (Å²) in [5, 5.41) is 7.26. The molecule has 1 aliphatic carbocycles. The summed E-state index contributed by atoms with van der Waals surface area (Å²) in [5.74, 6) is 0. The van der Waals surface area contributed by atoms with E-state index in [9.17, 15) is 0 Å². The number of para-hydroxylation sites is 1. The van der Waals surface area contributed by atoms with Crippen LogP contribution in [0.25, 0.3) is 110 Å². The Bertz CT molecular complexity index is 4290. The van der Waals surface area contributed by atoms with Crippen LogP contribution in [0.3, 0.4) is 0 Å². The lowest BCUT2D eigenvalue weighted by Gasteiger charge is -2.28. The smallest absolute Gasteiger partial charge is 0.0541 e. The molecule has 0 N–H and O–H groups in total. The first-order valence-electron chi connectivity index (χ1n) is 26.5. The predicted octanol–water partition coefficient (Wildman–Crippen LogP) is 20.6. The molecular weight excluding hydrogens is 917 g/mol. The minimum Gasteiger partial charge on any atom is -0.309 e. The number of aromatic nitrogens is 1. The molecule has 76 heavy (non-hydrogen) atoms. The zero-order chi connectivity index (χ0) is 50.4. The van der Waals surface area contributed by atoms with E-state index < -0.39 is 0 Å². The summed E-state index contributed by atoms with van der Waals surface area (Å²) in [6, 6.07) is 101. The van der Waals surface area contributed by atoms with Crippen LogP contribution in [0.4, 0.5) is 17.1 Å². The second kappa shape index (κ2) is 19.3. The zero-order valence-corrected chi connectivity index (χ0v) is 42.0. The number of rotatable bonds is 10. The number of hydrogen-bond acceptors (Lipinski definition) is 1. The number of benzene rings is 12. The Morgan fingerprint density at radius 2 is 0.789 bits per heavy atom. The Hall–Kier alpha value is -9.76. The maximum absolute atomic E-state index is 2.47. The monoisotopic (exact) mass is 968 g/mol. The van der Waals surface area contributed by atoms with Crippen molar-refractivity contribution in [2.75, 3.05) is 4.90 Å². The second-order valence-electron chi connectivity index (χ2n) is 19.9. The highest BCUT2D eigenvalue weighted by molar-refractivity contribution is 6.11. The van der Waals surface area contributed by atoms with Gasteiger partial charge < -0.3 is 9.47 Å². The van der Waals surface area contributed by atoms with Crippen molar-refractivity contribution in [3.05, 3.63) is 297 Å². The van der Waals surface area contributed by atoms with Crippen LogP contribution in [0, 0.1) is 0 Å². The van der Waals surface area contributed by atoms with E-state index in [0.29, 0.717) is 0 Å². The van der Waals surface area contributed by atoms with Crippen LogP contribution in [0.5, 0.6) is 0 Å². The van der Waals surface area contributed by atoms with Crippen LogP contribution in [0.15, 0.2) is 291 Å². The Morgan fingerprint density at radius 1 is 0.303 bits per heavy atom. The van der Waals surface area contributed by atoms with Gasteiger partial charge in [-0.2, -0.15) is 0 Å². The first-order chi connectivity index (χ1) is 37.7. The van der Waals surface area contributed by atoms with Crippen LogP contribution < -0.4 is 4.90 Å². The lowest BCUT2D eigenvalue weighted by atomic mass is 9.93. The molecule has 0 fully saturated rings. The van der Waals surface area contributed by atoms with Crippen molar-refractivity contribution in [3.8, 4) is 61.3 Å². The Morgan fingerprint density at radius 3 is 1.43 bits per heavy atom. The van der Waals surface area contributed by atoms with Crippen molar-refractivity contribution in [1.82, 2.24) is 4.57 Å². The van der Waals surface area contributed by atoms with Gasteiger partial charge in [-0.3, -0.25) is 0 Å². The molecule has 0 saturated carbocycles. The third kappa shape index (κ3) is 8.18. The fraction of sp³-hybridized carbons (Fsp3) is 0.0270. The molecule has 0 aliphatic heterocycles. The molecule has 13 aromatic rings. The van der Waals surface area contributed by atoms with E-state index in [-0.39, 0.29) is 0 Å². The predicted molar refractivity (Wildman–Crippen MR) is 324 cm³/mol. The average molecular weight is 969 g/mol. The molecule has 0 spiro atoms. The standard InChI is InChI=1S/C74H52N2/c1-3-18-51(19-4-1)53-36-40-55(41-37-53)61-46-62(56-42-38-54(39-43-56)52-20-5-2-6-21-52)49-64(48-61)76-73-33-14-13-32-69(73)70-50-60(44-45-74(70)76)66-29-12-11-28-65(66)59-26-15-27-63(47-59)75(71-34-16-24-57-22-7-9-30-67(57)71)72-35-17-25-58-23-8-10-31-68(58)72/h1,3-5,7-50H,2,6H2. The van der Waals surface area contributed by atoms with Gasteiger partial charge in [-0.05, 0) is 151 Å². The van der Waals surface area contributed by atoms with Crippen LogP contribution in [0.1, 0.15) is 18.4 Å². The molecule has 0 amide bonds. The van der Waals surface area contributed by atoms with E-state index in [1.165, 1.54) is 105 Å². The van der Waals surface area contributed by atoms with Gasteiger partial charge in [0.15, 0.2) is 0 Å². The van der Waals surface area contributed by atoms with Crippen LogP contribution in [0.2, 0.25) is 0 Å². The van der Waals surface area contributed by atoms with Crippen molar-refractivity contribution in [1.29, 1.82) is 0 Å². The quantitative estimate of drug-likeness (QED) is 0.133. The average Bonchev–Trinajstić information content (AvgIpc) is 3.86. The van der Waals surface area contributed by atoms with E-state index >= 15 is 0 Å². The molecule has 1 aromatic heterocycles. The van der Waals surface area contributed by atoms with Crippen molar-refractivity contribution in [3.63, 3.8) is 0 Å². The van der Waals surface area contributed by atoms with Gasteiger partial charge in [-0.15, -0.1) is 0 Å². The Balaban J connectivity index is 0.895. The van der Waals surface area contributed by atoms with Crippen molar-refractivity contribution in [2.45, 2.75) is 12.8 Å². The summed E-state index contributed by atoms with van der Waals surface area (Å²) in [7, 11) is 0. The third-order valence-electron chi connectivity index (χ3n) is 15.4. The van der Waals surface area contributed by atoms with Crippen LogP contribution >= 0.6 is 0 Å². The lowest BCUT2D eigenvalue weighted by molar-refractivity contribution is 1.04. The van der Waals surface area contributed by atoms with Crippen molar-refractivity contribution in [2.24, 2.45) is 0 Å². The summed E-state index contributed by atoms with van der Waals surface area (Å²) >= 11 is 0. The molecule has 0 unspecified atom stereocenters. The highest BCUT2D eigenvalue weighted by atomic mass is 15.1. The number of nitrogens with zero attached hydrogens (tertiary/aromatic N) is 2. The molecule has 1 aliphatic rings. The number of anilines is 3. The molecule has 0 radical (unpaired) electrons. The van der Waals surface area contributed by atoms with E-state index in [1.54, 1.807) is 0 Å². The number of hydrogen-bond donors (Lipinski definition) is 0. The van der Waals surface area contributed by atoms with Gasteiger partial charge in [0.1, 0.15) is 0 Å². The number of allylic oxidation sites excluding steroid dienone is 4.